The minimum atomic E-state index is -1.99. The van der Waals surface area contributed by atoms with Crippen LogP contribution >= 0.6 is 11.8 Å². The van der Waals surface area contributed by atoms with Crippen LogP contribution < -0.4 is 124 Å². The summed E-state index contributed by atoms with van der Waals surface area (Å²) in [5.41, 5.74) is 27.9. The molecule has 19 atom stereocenters. The number of aliphatic carboxylic acids is 1. The van der Waals surface area contributed by atoms with E-state index in [0.29, 0.717) is 18.4 Å². The van der Waals surface area contributed by atoms with E-state index < -0.39 is 301 Å². The van der Waals surface area contributed by atoms with Gasteiger partial charge in [-0.15, -0.1) is 11.8 Å². The third-order valence-corrected chi connectivity index (χ3v) is 23.2. The Morgan fingerprint density at radius 2 is 0.871 bits per heavy atom. The normalized spacial score (nSPS) is 15.3. The van der Waals surface area contributed by atoms with E-state index in [1.165, 1.54) is 85.3 Å². The highest BCUT2D eigenvalue weighted by Crippen LogP contribution is 2.19. The maximum Gasteiger partial charge on any atom is 0.305 e. The second-order valence-electron chi connectivity index (χ2n) is 35.6. The third kappa shape index (κ3) is 45.0. The van der Waals surface area contributed by atoms with Gasteiger partial charge in [-0.2, -0.15) is 0 Å². The second kappa shape index (κ2) is 62.5. The van der Waals surface area contributed by atoms with Crippen molar-refractivity contribution < 1.29 is 121 Å². The number of imidazole rings is 1. The molecule has 0 saturated carbocycles. The van der Waals surface area contributed by atoms with Crippen LogP contribution in [0.25, 0.3) is 0 Å². The summed E-state index contributed by atoms with van der Waals surface area (Å²) in [4.78, 5) is 295. The molecule has 1 heterocycles. The van der Waals surface area contributed by atoms with E-state index in [1.54, 1.807) is 48.5 Å². The Morgan fingerprint density at radius 3 is 1.34 bits per heavy atom. The fourth-order valence-corrected chi connectivity index (χ4v) is 14.5. The number of aromatic nitrogens is 2. The first-order valence-electron chi connectivity index (χ1n) is 46.2. The summed E-state index contributed by atoms with van der Waals surface area (Å²) in [5.74, 6) is -26.4. The van der Waals surface area contributed by atoms with Crippen molar-refractivity contribution in [1.29, 1.82) is 5.41 Å². The summed E-state index contributed by atoms with van der Waals surface area (Å²) in [5, 5.41) is 94.0. The molecule has 0 aliphatic carbocycles. The number of carbonyl (C=O) groups excluding carboxylic acids is 20. The van der Waals surface area contributed by atoms with E-state index in [1.807, 2.05) is 0 Å². The predicted octanol–water partition coefficient (Wildman–Crippen LogP) is -7.87. The number of nitrogens with one attached hydrogen (secondary N) is 20. The topological polar surface area (TPSA) is 839 Å². The highest BCUT2D eigenvalue weighted by atomic mass is 32.2. The molecule has 1 aromatic heterocycles. The number of carboxylic acid groups (broad SMARTS) is 1. The van der Waals surface area contributed by atoms with E-state index in [-0.39, 0.29) is 86.9 Å². The van der Waals surface area contributed by atoms with Gasteiger partial charge in [-0.05, 0) is 119 Å². The minimum absolute atomic E-state index is 0.0578. The Balaban J connectivity index is 2.59. The fourth-order valence-electron chi connectivity index (χ4n) is 13.7. The van der Waals surface area contributed by atoms with Crippen molar-refractivity contribution in [3.8, 4) is 5.75 Å². The molecule has 52 heteroatoms. The van der Waals surface area contributed by atoms with Crippen LogP contribution in [0.3, 0.4) is 0 Å². The van der Waals surface area contributed by atoms with Gasteiger partial charge in [-0.25, -0.2) is 4.98 Å². The molecule has 2 aromatic rings. The van der Waals surface area contributed by atoms with Crippen LogP contribution in [0.1, 0.15) is 186 Å². The molecule has 140 heavy (non-hydrogen) atoms. The standard InChI is InChI=1S/C88H146N26O25S/c1-16-45(11)69(114-87(139)71(48(14)116)100-49(15)117)85(137)99-47(13)73(125)110-66(42(5)6)83(135)106-56(31-41(3)4)77(129)105-57(32-50-23-25-52(118)26-24-50)78(130)109-60(37-115)81(133)112-68(44(9)10)84(136)107-58(33-51-35-95-40-98-51)79(131)103-55(27-28-62(90)119)75(127)102-54(22-20-30-96-88(93)94)76(128)113-70(46(12)17-2)86(138)108-59(34-65(122)123)80(132)111-67(43(7)8)82(134)104-53(21-18-19-29-89)74(126)97-36-64(121)101-61(72(92)124)38-140-39-63(91)120/h23-26,35,40-48,53-61,66-71,115-116,118H,16-22,27-34,36-39,89H2,1-15H3,(H2,90,119)(H2,91,120)(H2,92,124)(H,95,98)(H,97,126)(H,99,137)(H,100,117)(H,101,121)(H,102,127)(H,103,131)(H,104,134)(H,105,129)(H,106,135)(H,107,136)(H,108,138)(H,109,130)(H,110,125)(H,111,132)(H,112,133)(H,113,128)(H,114,139)(H,122,123)(H4,93,94,96)/t45-,46-,47-,48+,53-,54-,55-,56-,57-,58-,59-,60-,61-,66-,67-,68-,69-,70-,71-/m0/s1. The number of phenolic OH excluding ortho intramolecular Hbond substituents is 1. The van der Waals surface area contributed by atoms with Gasteiger partial charge in [0.25, 0.3) is 0 Å². The molecule has 0 fully saturated rings. The average Bonchev–Trinajstić information content (AvgIpc) is 1.78. The lowest BCUT2D eigenvalue weighted by Crippen LogP contribution is -2.62. The smallest absolute Gasteiger partial charge is 0.305 e. The van der Waals surface area contributed by atoms with Gasteiger partial charge in [0.1, 0.15) is 102 Å². The molecule has 20 amide bonds. The number of rotatable bonds is 66. The van der Waals surface area contributed by atoms with E-state index >= 15 is 0 Å². The van der Waals surface area contributed by atoms with E-state index in [0.717, 1.165) is 18.7 Å². The first-order chi connectivity index (χ1) is 65.6. The summed E-state index contributed by atoms with van der Waals surface area (Å²) in [6, 6.07) is -19.8. The minimum Gasteiger partial charge on any atom is -0.508 e. The number of carboxylic acids is 1. The lowest BCUT2D eigenvalue weighted by Gasteiger charge is -2.30. The fraction of sp³-hybridized carbons (Fsp3) is 0.648. The molecule has 0 spiro atoms. The lowest BCUT2D eigenvalue weighted by molar-refractivity contribution is -0.142. The Labute approximate surface area is 816 Å². The number of phenols is 1. The molecule has 0 saturated heterocycles. The van der Waals surface area contributed by atoms with Gasteiger partial charge in [-0.1, -0.05) is 108 Å². The summed E-state index contributed by atoms with van der Waals surface area (Å²) < 4.78 is 0. The number of aliphatic hydroxyl groups excluding tert-OH is 2. The largest absolute Gasteiger partial charge is 0.508 e. The van der Waals surface area contributed by atoms with Gasteiger partial charge >= 0.3 is 5.97 Å². The number of hydrogen-bond donors (Lipinski definition) is 29. The van der Waals surface area contributed by atoms with Crippen molar-refractivity contribution in [2.75, 3.05) is 37.7 Å². The Bertz CT molecular complexity index is 4530. The van der Waals surface area contributed by atoms with Gasteiger partial charge in [-0.3, -0.25) is 106 Å². The first-order valence-corrected chi connectivity index (χ1v) is 47.3. The molecule has 0 radical (unpaired) electrons. The first kappa shape index (κ1) is 123. The third-order valence-electron chi connectivity index (χ3n) is 22.1. The lowest BCUT2D eigenvalue weighted by atomic mass is 9.96. The van der Waals surface area contributed by atoms with Crippen LogP contribution in [0.2, 0.25) is 0 Å². The van der Waals surface area contributed by atoms with Gasteiger partial charge in [0.05, 0.1) is 37.8 Å². The van der Waals surface area contributed by atoms with Crippen molar-refractivity contribution in [3.05, 3.63) is 48.0 Å². The summed E-state index contributed by atoms with van der Waals surface area (Å²) >= 11 is 0.912. The zero-order valence-electron chi connectivity index (χ0n) is 81.8. The number of nitrogens with two attached hydrogens (primary N) is 5. The number of aromatic hydroxyl groups is 1. The summed E-state index contributed by atoms with van der Waals surface area (Å²) in [6.45, 7) is 20.9. The molecule has 0 bridgehead atoms. The number of unbranched alkanes of at least 4 members (excludes halogenated alkanes) is 1. The maximum atomic E-state index is 14.9. The zero-order chi connectivity index (χ0) is 106. The number of H-pyrrole nitrogens is 1. The number of carbonyl (C=O) groups is 21. The van der Waals surface area contributed by atoms with Gasteiger partial charge < -0.3 is 150 Å². The molecular weight excluding hydrogens is 1850 g/mol. The number of amides is 20. The van der Waals surface area contributed by atoms with Gasteiger partial charge in [0.15, 0.2) is 5.96 Å². The van der Waals surface area contributed by atoms with Crippen LogP contribution in [0.15, 0.2) is 36.8 Å². The number of hydrogen-bond acceptors (Lipinski definition) is 28. The molecule has 0 aliphatic heterocycles. The number of primary amides is 3. The van der Waals surface area contributed by atoms with E-state index in [2.05, 4.69) is 106 Å². The molecule has 784 valence electrons. The van der Waals surface area contributed by atoms with E-state index in [9.17, 15) is 121 Å². The number of benzene rings is 1. The highest BCUT2D eigenvalue weighted by molar-refractivity contribution is 8.00. The predicted molar refractivity (Wildman–Crippen MR) is 509 cm³/mol. The van der Waals surface area contributed by atoms with Crippen LogP contribution in [-0.4, -0.2) is 301 Å². The molecular formula is C88H146N26O25S. The van der Waals surface area contributed by atoms with Gasteiger partial charge in [0, 0.05) is 50.4 Å². The molecule has 0 unspecified atom stereocenters. The summed E-state index contributed by atoms with van der Waals surface area (Å²) in [6.07, 6.45) is -1.41. The van der Waals surface area contributed by atoms with Crippen LogP contribution in [-0.2, 0) is 114 Å². The second-order valence-corrected chi connectivity index (χ2v) is 36.7. The highest BCUT2D eigenvalue weighted by Gasteiger charge is 2.42. The number of guanidine groups is 1. The number of aliphatic hydroxyl groups is 2. The molecule has 1 aromatic carbocycles. The molecule has 51 nitrogen and oxygen atoms in total. The SMILES string of the molecule is CC[C@H](C)[C@H](NC(=O)[C@H](CCCNC(=N)N)NC(=O)[C@H](CCC(N)=O)NC(=O)[C@H](Cc1cnc[nH]1)NC(=O)[C@@H](NC(=O)[C@H](CO)NC(=O)[C@H](Cc1ccc(O)cc1)NC(=O)[C@H](CC(C)C)NC(=O)[C@@H](NC(=O)[C@H](C)NC(=O)[C@@H](NC(=O)[C@@H](NC(C)=O)[C@@H](C)O)[C@@H](C)CC)C(C)C)C(C)C)C(=O)N[C@@H](CC(=O)O)C(=O)N[C@H](C(=O)N[C@@H](CCCCN)C(=O)NCC(=O)N[C@@H](CSCC(N)=O)C(N)=O)C(C)C. The van der Waals surface area contributed by atoms with Crippen molar-refractivity contribution in [2.24, 2.45) is 64.2 Å². The van der Waals surface area contributed by atoms with Crippen LogP contribution in [0.5, 0.6) is 5.75 Å². The molecule has 34 N–H and O–H groups in total. The Morgan fingerprint density at radius 1 is 0.450 bits per heavy atom. The number of aromatic amines is 1. The number of thioether (sulfide) groups is 1. The monoisotopic (exact) mass is 2000 g/mol. The molecule has 0 aliphatic rings. The van der Waals surface area contributed by atoms with Crippen molar-refractivity contribution in [1.82, 2.24) is 106 Å². The van der Waals surface area contributed by atoms with Crippen molar-refractivity contribution >= 4 is 142 Å². The Hall–Kier alpha value is -13.4. The number of nitrogens with zero attached hydrogens (tertiary/aromatic N) is 1. The van der Waals surface area contributed by atoms with Crippen molar-refractivity contribution in [3.63, 3.8) is 0 Å². The van der Waals surface area contributed by atoms with Gasteiger partial charge in [0.2, 0.25) is 118 Å². The molecule has 2 rings (SSSR count). The van der Waals surface area contributed by atoms with E-state index in [4.69, 9.17) is 34.1 Å². The quantitative estimate of drug-likeness (QED) is 0.0166. The average molecular weight is 2000 g/mol. The van der Waals surface area contributed by atoms with Crippen molar-refractivity contribution in [2.45, 2.75) is 290 Å². The Kier molecular flexibility index (Phi) is 54.8. The van der Waals surface area contributed by atoms with Crippen LogP contribution in [0.4, 0.5) is 0 Å². The van der Waals surface area contributed by atoms with Crippen LogP contribution in [0, 0.1) is 40.9 Å². The maximum absolute atomic E-state index is 14.9. The summed E-state index contributed by atoms with van der Waals surface area (Å²) in [7, 11) is 0. The zero-order valence-corrected chi connectivity index (χ0v) is 82.6.